The summed E-state index contributed by atoms with van der Waals surface area (Å²) < 4.78 is 5.08. The molecule has 0 amide bonds. The van der Waals surface area contributed by atoms with Gasteiger partial charge in [-0.25, -0.2) is 0 Å². The van der Waals surface area contributed by atoms with Crippen molar-refractivity contribution >= 4 is 18.4 Å². The van der Waals surface area contributed by atoms with Crippen LogP contribution < -0.4 is 56.1 Å². The largest absolute Gasteiger partial charge is 1.00 e. The van der Waals surface area contributed by atoms with Crippen molar-refractivity contribution in [3.8, 4) is 5.75 Å². The van der Waals surface area contributed by atoms with E-state index in [1.807, 2.05) is 18.2 Å². The maximum absolute atomic E-state index is 12.2. The summed E-state index contributed by atoms with van der Waals surface area (Å²) in [6.45, 7) is 0. The van der Waals surface area contributed by atoms with E-state index in [0.717, 1.165) is 0 Å². The molecular weight excluding hydrogens is 287 g/mol. The van der Waals surface area contributed by atoms with E-state index in [1.165, 1.54) is 0 Å². The van der Waals surface area contributed by atoms with E-state index in [4.69, 9.17) is 4.74 Å². The number of rotatable bonds is 3. The molecule has 0 fully saturated rings. The molecule has 0 aliphatic rings. The SMILES string of the molecule is COc1ccc(C(=O)c2ccccc2)c(S)c1.[K+].[OH-]. The molecule has 0 aromatic heterocycles. The normalized spacial score (nSPS) is 8.95. The Balaban J connectivity index is 0.00000162. The van der Waals surface area contributed by atoms with Crippen molar-refractivity contribution in [2.45, 2.75) is 4.90 Å². The van der Waals surface area contributed by atoms with E-state index in [0.29, 0.717) is 21.8 Å². The van der Waals surface area contributed by atoms with Gasteiger partial charge in [0.15, 0.2) is 5.78 Å². The number of carbonyl (C=O) groups is 1. The fourth-order valence-electron chi connectivity index (χ4n) is 1.58. The Morgan fingerprint density at radius 1 is 1.11 bits per heavy atom. The molecule has 0 bridgehead atoms. The van der Waals surface area contributed by atoms with Crippen LogP contribution in [0.1, 0.15) is 15.9 Å². The number of ether oxygens (including phenoxy) is 1. The third-order valence-electron chi connectivity index (χ3n) is 2.49. The van der Waals surface area contributed by atoms with Gasteiger partial charge in [0.2, 0.25) is 0 Å². The molecule has 2 rings (SSSR count). The van der Waals surface area contributed by atoms with Gasteiger partial charge in [-0.05, 0) is 18.2 Å². The molecule has 2 aromatic carbocycles. The second-order valence-electron chi connectivity index (χ2n) is 3.58. The predicted molar refractivity (Wildman–Crippen MR) is 72.1 cm³/mol. The van der Waals surface area contributed by atoms with Crippen LogP contribution in [0, 0.1) is 0 Å². The van der Waals surface area contributed by atoms with Crippen LogP contribution in [-0.2, 0) is 0 Å². The Labute approximate surface area is 160 Å². The minimum atomic E-state index is -0.0294. The number of methoxy groups -OCH3 is 1. The Kier molecular flexibility index (Phi) is 8.85. The molecule has 0 aliphatic carbocycles. The molecule has 0 aliphatic heterocycles. The Morgan fingerprint density at radius 2 is 1.74 bits per heavy atom. The zero-order chi connectivity index (χ0) is 12.3. The van der Waals surface area contributed by atoms with Crippen molar-refractivity contribution in [1.82, 2.24) is 0 Å². The molecule has 2 aromatic rings. The van der Waals surface area contributed by atoms with Crippen LogP contribution in [0.15, 0.2) is 53.4 Å². The van der Waals surface area contributed by atoms with Crippen LogP contribution >= 0.6 is 12.6 Å². The Morgan fingerprint density at radius 3 is 2.26 bits per heavy atom. The summed E-state index contributed by atoms with van der Waals surface area (Å²) in [6, 6.07) is 14.4. The number of hydrogen-bond acceptors (Lipinski definition) is 4. The molecule has 0 heterocycles. The standard InChI is InChI=1S/C14H12O2S.K.H2O/c1-16-11-7-8-12(13(17)9-11)14(15)10-5-3-2-4-6-10;;/h2-9,17H,1H3;;1H2/q;+1;/p-1. The first-order valence-electron chi connectivity index (χ1n) is 5.19. The van der Waals surface area contributed by atoms with Crippen molar-refractivity contribution in [3.63, 3.8) is 0 Å². The maximum atomic E-state index is 12.2. The molecule has 19 heavy (non-hydrogen) atoms. The number of carbonyl (C=O) groups excluding carboxylic acids is 1. The molecule has 0 saturated carbocycles. The zero-order valence-corrected chi connectivity index (χ0v) is 14.8. The molecule has 3 nitrogen and oxygen atoms in total. The molecule has 0 spiro atoms. The summed E-state index contributed by atoms with van der Waals surface area (Å²) in [5.74, 6) is 0.665. The van der Waals surface area contributed by atoms with Gasteiger partial charge in [-0.3, -0.25) is 4.79 Å². The van der Waals surface area contributed by atoms with Gasteiger partial charge in [0.05, 0.1) is 7.11 Å². The van der Waals surface area contributed by atoms with Crippen LogP contribution in [-0.4, -0.2) is 18.4 Å². The van der Waals surface area contributed by atoms with Crippen LogP contribution in [0.2, 0.25) is 0 Å². The van der Waals surface area contributed by atoms with Crippen LogP contribution in [0.5, 0.6) is 5.75 Å². The first-order chi connectivity index (χ1) is 8.22. The molecule has 94 valence electrons. The van der Waals surface area contributed by atoms with E-state index in [2.05, 4.69) is 12.6 Å². The van der Waals surface area contributed by atoms with E-state index >= 15 is 0 Å². The van der Waals surface area contributed by atoms with Crippen molar-refractivity contribution in [3.05, 3.63) is 59.7 Å². The Bertz CT molecular complexity index is 544. The number of thiol groups is 1. The average Bonchev–Trinajstić information content (AvgIpc) is 2.39. The van der Waals surface area contributed by atoms with E-state index in [1.54, 1.807) is 37.4 Å². The van der Waals surface area contributed by atoms with Gasteiger partial charge in [0, 0.05) is 16.0 Å². The summed E-state index contributed by atoms with van der Waals surface area (Å²) in [6.07, 6.45) is 0. The van der Waals surface area contributed by atoms with Crippen LogP contribution in [0.4, 0.5) is 0 Å². The molecule has 1 N–H and O–H groups in total. The van der Waals surface area contributed by atoms with Crippen LogP contribution in [0.25, 0.3) is 0 Å². The summed E-state index contributed by atoms with van der Waals surface area (Å²) in [5, 5.41) is 0. The van der Waals surface area contributed by atoms with Gasteiger partial charge >= 0.3 is 51.4 Å². The minimum Gasteiger partial charge on any atom is -0.870 e. The predicted octanol–water partition coefficient (Wildman–Crippen LogP) is 0.0421. The molecular formula is C14H13KO3S. The maximum Gasteiger partial charge on any atom is 1.00 e. The average molecular weight is 300 g/mol. The second kappa shape index (κ2) is 8.91. The van der Waals surface area contributed by atoms with Gasteiger partial charge in [0.1, 0.15) is 5.75 Å². The summed E-state index contributed by atoms with van der Waals surface area (Å²) >= 11 is 4.31. The monoisotopic (exact) mass is 300 g/mol. The summed E-state index contributed by atoms with van der Waals surface area (Å²) in [5.41, 5.74) is 1.24. The van der Waals surface area contributed by atoms with Crippen molar-refractivity contribution < 1.29 is 66.4 Å². The second-order valence-corrected chi connectivity index (χ2v) is 4.06. The Hall–Kier alpha value is -0.144. The van der Waals surface area contributed by atoms with Gasteiger partial charge in [-0.1, -0.05) is 30.3 Å². The number of ketones is 1. The molecule has 5 heteroatoms. The molecule has 0 saturated heterocycles. The quantitative estimate of drug-likeness (QED) is 0.495. The third kappa shape index (κ3) is 4.72. The smallest absolute Gasteiger partial charge is 0.870 e. The zero-order valence-electron chi connectivity index (χ0n) is 10.8. The van der Waals surface area contributed by atoms with Gasteiger partial charge in [-0.15, -0.1) is 12.6 Å². The molecule has 0 atom stereocenters. The summed E-state index contributed by atoms with van der Waals surface area (Å²) in [7, 11) is 1.58. The van der Waals surface area contributed by atoms with Crippen molar-refractivity contribution in [1.29, 1.82) is 0 Å². The van der Waals surface area contributed by atoms with Crippen molar-refractivity contribution in [2.75, 3.05) is 7.11 Å². The van der Waals surface area contributed by atoms with Gasteiger partial charge in [-0.2, -0.15) is 0 Å². The van der Waals surface area contributed by atoms with Crippen molar-refractivity contribution in [2.24, 2.45) is 0 Å². The fraction of sp³-hybridized carbons (Fsp3) is 0.0714. The first-order valence-corrected chi connectivity index (χ1v) is 5.64. The minimum absolute atomic E-state index is 0. The number of hydrogen-bond donors (Lipinski definition) is 1. The number of benzene rings is 2. The topological polar surface area (TPSA) is 56.3 Å². The molecule has 0 unspecified atom stereocenters. The van der Waals surface area contributed by atoms with Crippen LogP contribution in [0.3, 0.4) is 0 Å². The fourth-order valence-corrected chi connectivity index (χ4v) is 1.88. The van der Waals surface area contributed by atoms with Gasteiger partial charge in [0.25, 0.3) is 0 Å². The van der Waals surface area contributed by atoms with E-state index in [9.17, 15) is 4.79 Å². The molecule has 0 radical (unpaired) electrons. The third-order valence-corrected chi connectivity index (χ3v) is 2.86. The van der Waals surface area contributed by atoms with Gasteiger partial charge < -0.3 is 10.2 Å². The van der Waals surface area contributed by atoms with E-state index < -0.39 is 0 Å². The van der Waals surface area contributed by atoms with E-state index in [-0.39, 0.29) is 62.6 Å². The first kappa shape index (κ1) is 18.9. The summed E-state index contributed by atoms with van der Waals surface area (Å²) in [4.78, 5) is 12.8.